The van der Waals surface area contributed by atoms with E-state index in [-0.39, 0.29) is 5.75 Å². The molecule has 0 aliphatic heterocycles. The van der Waals surface area contributed by atoms with E-state index in [2.05, 4.69) is 15.3 Å². The van der Waals surface area contributed by atoms with Crippen molar-refractivity contribution in [3.05, 3.63) is 30.0 Å². The summed E-state index contributed by atoms with van der Waals surface area (Å²) in [7, 11) is 3.32. The normalized spacial score (nSPS) is 10.2. The Morgan fingerprint density at radius 3 is 2.67 bits per heavy atom. The molecule has 0 atom stereocenters. The van der Waals surface area contributed by atoms with E-state index >= 15 is 0 Å². The zero-order valence-corrected chi connectivity index (χ0v) is 10.6. The lowest BCUT2D eigenvalue weighted by atomic mass is 10.2. The van der Waals surface area contributed by atoms with E-state index in [0.29, 0.717) is 11.6 Å². The van der Waals surface area contributed by atoms with Crippen molar-refractivity contribution in [3.63, 3.8) is 0 Å². The average Bonchev–Trinajstić information content (AvgIpc) is 2.38. The Kier molecular flexibility index (Phi) is 3.32. The molecule has 0 saturated heterocycles. The first-order valence-electron chi connectivity index (χ1n) is 5.55. The molecule has 0 unspecified atom stereocenters. The van der Waals surface area contributed by atoms with Crippen LogP contribution in [0.3, 0.4) is 0 Å². The van der Waals surface area contributed by atoms with Gasteiger partial charge in [0, 0.05) is 24.4 Å². The molecule has 0 radical (unpaired) electrons. The van der Waals surface area contributed by atoms with Crippen LogP contribution >= 0.6 is 0 Å². The SMILES string of the molecule is CNc1cc(C)nc(-c2ccc(O)c(OC)c2)n1. The lowest BCUT2D eigenvalue weighted by molar-refractivity contribution is 0.373. The minimum Gasteiger partial charge on any atom is -0.504 e. The average molecular weight is 245 g/mol. The number of rotatable bonds is 3. The summed E-state index contributed by atoms with van der Waals surface area (Å²) >= 11 is 0. The number of phenols is 1. The van der Waals surface area contributed by atoms with Gasteiger partial charge >= 0.3 is 0 Å². The summed E-state index contributed by atoms with van der Waals surface area (Å²) in [6.07, 6.45) is 0. The Morgan fingerprint density at radius 1 is 1.22 bits per heavy atom. The highest BCUT2D eigenvalue weighted by Gasteiger charge is 2.08. The van der Waals surface area contributed by atoms with Crippen LogP contribution in [0.15, 0.2) is 24.3 Å². The second kappa shape index (κ2) is 4.91. The number of hydrogen-bond donors (Lipinski definition) is 2. The molecule has 0 fully saturated rings. The van der Waals surface area contributed by atoms with Crippen molar-refractivity contribution in [3.8, 4) is 22.9 Å². The molecule has 94 valence electrons. The van der Waals surface area contributed by atoms with Crippen molar-refractivity contribution >= 4 is 5.82 Å². The minimum atomic E-state index is 0.0998. The van der Waals surface area contributed by atoms with E-state index in [1.54, 1.807) is 18.2 Å². The Hall–Kier alpha value is -2.30. The van der Waals surface area contributed by atoms with Crippen LogP contribution in [-0.2, 0) is 0 Å². The van der Waals surface area contributed by atoms with Gasteiger partial charge in [-0.2, -0.15) is 0 Å². The van der Waals surface area contributed by atoms with Crippen molar-refractivity contribution in [1.82, 2.24) is 9.97 Å². The van der Waals surface area contributed by atoms with Crippen LogP contribution in [0.5, 0.6) is 11.5 Å². The molecule has 0 bridgehead atoms. The van der Waals surface area contributed by atoms with Crippen LogP contribution in [0.2, 0.25) is 0 Å². The van der Waals surface area contributed by atoms with Gasteiger partial charge in [-0.05, 0) is 25.1 Å². The van der Waals surface area contributed by atoms with E-state index < -0.39 is 0 Å². The zero-order valence-electron chi connectivity index (χ0n) is 10.6. The number of anilines is 1. The molecule has 0 amide bonds. The fourth-order valence-electron chi connectivity index (χ4n) is 1.64. The standard InChI is InChI=1S/C13H15N3O2/c1-8-6-12(14-2)16-13(15-8)9-4-5-10(17)11(7-9)18-3/h4-7,17H,1-3H3,(H,14,15,16). The number of ether oxygens (including phenoxy) is 1. The number of hydrogen-bond acceptors (Lipinski definition) is 5. The maximum Gasteiger partial charge on any atom is 0.161 e. The van der Waals surface area contributed by atoms with Gasteiger partial charge in [0.1, 0.15) is 5.82 Å². The summed E-state index contributed by atoms with van der Waals surface area (Å²) in [5, 5.41) is 12.5. The van der Waals surface area contributed by atoms with E-state index in [1.807, 2.05) is 20.0 Å². The van der Waals surface area contributed by atoms with Crippen molar-refractivity contribution in [2.24, 2.45) is 0 Å². The lowest BCUT2D eigenvalue weighted by Gasteiger charge is -2.08. The molecule has 1 heterocycles. The second-order valence-corrected chi connectivity index (χ2v) is 3.85. The number of methoxy groups -OCH3 is 1. The predicted octanol–water partition coefficient (Wildman–Crippen LogP) is 2.21. The fourth-order valence-corrected chi connectivity index (χ4v) is 1.64. The van der Waals surface area contributed by atoms with Crippen LogP contribution in [-0.4, -0.2) is 29.2 Å². The van der Waals surface area contributed by atoms with Gasteiger partial charge in [0.2, 0.25) is 0 Å². The molecule has 0 aliphatic carbocycles. The van der Waals surface area contributed by atoms with Crippen molar-refractivity contribution in [2.45, 2.75) is 6.92 Å². The maximum absolute atomic E-state index is 9.56. The van der Waals surface area contributed by atoms with Crippen molar-refractivity contribution in [1.29, 1.82) is 0 Å². The van der Waals surface area contributed by atoms with Gasteiger partial charge in [0.25, 0.3) is 0 Å². The highest BCUT2D eigenvalue weighted by Crippen LogP contribution is 2.30. The van der Waals surface area contributed by atoms with Gasteiger partial charge < -0.3 is 15.2 Å². The van der Waals surface area contributed by atoms with Crippen molar-refractivity contribution < 1.29 is 9.84 Å². The Labute approximate surface area is 105 Å². The maximum atomic E-state index is 9.56. The van der Waals surface area contributed by atoms with Gasteiger partial charge in [0.05, 0.1) is 7.11 Å². The lowest BCUT2D eigenvalue weighted by Crippen LogP contribution is -1.98. The summed E-state index contributed by atoms with van der Waals surface area (Å²) < 4.78 is 5.07. The van der Waals surface area contributed by atoms with Gasteiger partial charge in [-0.25, -0.2) is 9.97 Å². The minimum absolute atomic E-state index is 0.0998. The summed E-state index contributed by atoms with van der Waals surface area (Å²) in [4.78, 5) is 8.74. The van der Waals surface area contributed by atoms with Crippen LogP contribution in [0.25, 0.3) is 11.4 Å². The highest BCUT2D eigenvalue weighted by molar-refractivity contribution is 5.62. The number of benzene rings is 1. The van der Waals surface area contributed by atoms with Crippen LogP contribution < -0.4 is 10.1 Å². The first-order chi connectivity index (χ1) is 8.63. The number of aryl methyl sites for hydroxylation is 1. The molecule has 18 heavy (non-hydrogen) atoms. The number of aromatic hydroxyl groups is 1. The monoisotopic (exact) mass is 245 g/mol. The molecule has 5 nitrogen and oxygen atoms in total. The third kappa shape index (κ3) is 2.34. The molecular formula is C13H15N3O2. The van der Waals surface area contributed by atoms with E-state index in [4.69, 9.17) is 4.74 Å². The van der Waals surface area contributed by atoms with Crippen LogP contribution in [0, 0.1) is 6.92 Å². The largest absolute Gasteiger partial charge is 0.504 e. The topological polar surface area (TPSA) is 67.3 Å². The molecule has 0 aliphatic rings. The zero-order chi connectivity index (χ0) is 13.1. The molecule has 0 saturated carbocycles. The molecule has 2 aromatic rings. The molecule has 5 heteroatoms. The van der Waals surface area contributed by atoms with Crippen LogP contribution in [0.4, 0.5) is 5.82 Å². The molecule has 2 rings (SSSR count). The second-order valence-electron chi connectivity index (χ2n) is 3.85. The predicted molar refractivity (Wildman–Crippen MR) is 70.0 cm³/mol. The molecular weight excluding hydrogens is 230 g/mol. The molecule has 2 N–H and O–H groups in total. The quantitative estimate of drug-likeness (QED) is 0.867. The van der Waals surface area contributed by atoms with Crippen LogP contribution in [0.1, 0.15) is 5.69 Å². The van der Waals surface area contributed by atoms with E-state index in [0.717, 1.165) is 17.1 Å². The van der Waals surface area contributed by atoms with Crippen molar-refractivity contribution in [2.75, 3.05) is 19.5 Å². The van der Waals surface area contributed by atoms with Gasteiger partial charge in [-0.15, -0.1) is 0 Å². The first kappa shape index (κ1) is 12.2. The molecule has 0 spiro atoms. The fraction of sp³-hybridized carbons (Fsp3) is 0.231. The summed E-state index contributed by atoms with van der Waals surface area (Å²) in [6.45, 7) is 1.91. The van der Waals surface area contributed by atoms with E-state index in [9.17, 15) is 5.11 Å². The summed E-state index contributed by atoms with van der Waals surface area (Å²) in [5.41, 5.74) is 1.67. The Morgan fingerprint density at radius 2 is 2.00 bits per heavy atom. The number of nitrogens with one attached hydrogen (secondary N) is 1. The third-order valence-electron chi connectivity index (χ3n) is 2.55. The Balaban J connectivity index is 2.51. The Bertz CT molecular complexity index is 570. The first-order valence-corrected chi connectivity index (χ1v) is 5.55. The number of nitrogens with zero attached hydrogens (tertiary/aromatic N) is 2. The van der Waals surface area contributed by atoms with E-state index in [1.165, 1.54) is 7.11 Å². The highest BCUT2D eigenvalue weighted by atomic mass is 16.5. The molecule has 1 aromatic heterocycles. The number of aromatic nitrogens is 2. The summed E-state index contributed by atoms with van der Waals surface area (Å²) in [6, 6.07) is 6.90. The van der Waals surface area contributed by atoms with Gasteiger partial charge in [-0.3, -0.25) is 0 Å². The van der Waals surface area contributed by atoms with Gasteiger partial charge in [-0.1, -0.05) is 0 Å². The van der Waals surface area contributed by atoms with Gasteiger partial charge in [0.15, 0.2) is 17.3 Å². The smallest absolute Gasteiger partial charge is 0.161 e. The number of phenolic OH excluding ortho intramolecular Hbond substituents is 1. The third-order valence-corrected chi connectivity index (χ3v) is 2.55. The summed E-state index contributed by atoms with van der Waals surface area (Å²) in [5.74, 6) is 1.86. The molecule has 1 aromatic carbocycles.